The molecule has 4 nitrogen and oxygen atoms in total. The summed E-state index contributed by atoms with van der Waals surface area (Å²) in [5.74, 6) is 2.00. The number of para-hydroxylation sites is 2. The molecule has 1 aromatic carbocycles. The number of aromatic nitrogens is 3. The number of hydrogen-bond donors (Lipinski definition) is 1. The van der Waals surface area contributed by atoms with Gasteiger partial charge in [0.2, 0.25) is 0 Å². The van der Waals surface area contributed by atoms with Crippen molar-refractivity contribution < 1.29 is 0 Å². The molecule has 3 rings (SSSR count). The highest BCUT2D eigenvalue weighted by Crippen LogP contribution is 2.18. The fraction of sp³-hybridized carbons (Fsp3) is 0.250. The molecule has 102 valence electrons. The van der Waals surface area contributed by atoms with E-state index in [0.717, 1.165) is 30.1 Å². The molecule has 0 bridgehead atoms. The minimum absolute atomic E-state index is 0.806. The van der Waals surface area contributed by atoms with Crippen molar-refractivity contribution in [1.82, 2.24) is 14.5 Å². The summed E-state index contributed by atoms with van der Waals surface area (Å²) in [6, 6.07) is 12.4. The summed E-state index contributed by atoms with van der Waals surface area (Å²) in [5, 5.41) is 3.03. The van der Waals surface area contributed by atoms with Gasteiger partial charge in [-0.05, 0) is 23.8 Å². The molecule has 0 fully saturated rings. The van der Waals surface area contributed by atoms with Gasteiger partial charge in [-0.1, -0.05) is 25.1 Å². The van der Waals surface area contributed by atoms with Crippen LogP contribution in [0.15, 0.2) is 42.6 Å². The molecular formula is C16H18N4. The van der Waals surface area contributed by atoms with Gasteiger partial charge in [0.1, 0.15) is 11.6 Å². The molecule has 4 heteroatoms. The number of rotatable bonds is 4. The summed E-state index contributed by atoms with van der Waals surface area (Å²) >= 11 is 0. The first-order valence-electron chi connectivity index (χ1n) is 6.88. The van der Waals surface area contributed by atoms with Crippen molar-refractivity contribution in [2.75, 3.05) is 12.4 Å². The molecule has 0 spiro atoms. The average Bonchev–Trinajstić information content (AvgIpc) is 2.86. The van der Waals surface area contributed by atoms with Crippen LogP contribution in [0.2, 0.25) is 0 Å². The number of hydrogen-bond acceptors (Lipinski definition) is 3. The maximum Gasteiger partial charge on any atom is 0.125 e. The van der Waals surface area contributed by atoms with Gasteiger partial charge in [0.25, 0.3) is 0 Å². The van der Waals surface area contributed by atoms with Crippen LogP contribution < -0.4 is 5.32 Å². The summed E-state index contributed by atoms with van der Waals surface area (Å²) in [6.07, 6.45) is 2.84. The molecule has 20 heavy (non-hydrogen) atoms. The van der Waals surface area contributed by atoms with Crippen LogP contribution in [0.25, 0.3) is 11.0 Å². The molecule has 0 unspecified atom stereocenters. The van der Waals surface area contributed by atoms with Crippen LogP contribution in [0.4, 0.5) is 5.82 Å². The van der Waals surface area contributed by atoms with E-state index in [9.17, 15) is 0 Å². The fourth-order valence-corrected chi connectivity index (χ4v) is 2.42. The lowest BCUT2D eigenvalue weighted by Gasteiger charge is -2.08. The second-order valence-electron chi connectivity index (χ2n) is 4.76. The average molecular weight is 266 g/mol. The highest BCUT2D eigenvalue weighted by Gasteiger charge is 2.09. The SMILES string of the molecule is CCc1nc2ccccc2n1Cc1ccc(NC)nc1. The fourth-order valence-electron chi connectivity index (χ4n) is 2.42. The van der Waals surface area contributed by atoms with Crippen LogP contribution in [-0.2, 0) is 13.0 Å². The topological polar surface area (TPSA) is 42.7 Å². The summed E-state index contributed by atoms with van der Waals surface area (Å²) in [6.45, 7) is 2.95. The van der Waals surface area contributed by atoms with Crippen LogP contribution in [0.1, 0.15) is 18.3 Å². The number of benzene rings is 1. The van der Waals surface area contributed by atoms with Crippen LogP contribution in [0, 0.1) is 0 Å². The number of aryl methyl sites for hydroxylation is 1. The van der Waals surface area contributed by atoms with Crippen molar-refractivity contribution >= 4 is 16.9 Å². The highest BCUT2D eigenvalue weighted by molar-refractivity contribution is 5.76. The van der Waals surface area contributed by atoms with Gasteiger partial charge in [0.05, 0.1) is 17.6 Å². The summed E-state index contributed by atoms with van der Waals surface area (Å²) in [4.78, 5) is 9.06. The van der Waals surface area contributed by atoms with Crippen molar-refractivity contribution in [2.45, 2.75) is 19.9 Å². The van der Waals surface area contributed by atoms with Gasteiger partial charge in [0.15, 0.2) is 0 Å². The van der Waals surface area contributed by atoms with E-state index in [1.807, 2.05) is 25.4 Å². The van der Waals surface area contributed by atoms with Gasteiger partial charge < -0.3 is 9.88 Å². The zero-order valence-corrected chi connectivity index (χ0v) is 11.8. The minimum atomic E-state index is 0.806. The Kier molecular flexibility index (Phi) is 3.37. The molecule has 0 aliphatic rings. The third kappa shape index (κ3) is 2.25. The van der Waals surface area contributed by atoms with Gasteiger partial charge in [-0.2, -0.15) is 0 Å². The Morgan fingerprint density at radius 3 is 2.70 bits per heavy atom. The van der Waals surface area contributed by atoms with Gasteiger partial charge in [-0.15, -0.1) is 0 Å². The molecule has 0 atom stereocenters. The molecule has 2 heterocycles. The normalized spacial score (nSPS) is 10.9. The van der Waals surface area contributed by atoms with E-state index in [2.05, 4.69) is 46.1 Å². The van der Waals surface area contributed by atoms with Crippen molar-refractivity contribution in [3.63, 3.8) is 0 Å². The molecule has 2 aromatic heterocycles. The molecule has 0 aliphatic carbocycles. The Morgan fingerprint density at radius 2 is 2.00 bits per heavy atom. The molecule has 0 saturated heterocycles. The number of imidazole rings is 1. The third-order valence-corrected chi connectivity index (χ3v) is 3.47. The monoisotopic (exact) mass is 266 g/mol. The van der Waals surface area contributed by atoms with E-state index < -0.39 is 0 Å². The number of nitrogens with one attached hydrogen (secondary N) is 1. The largest absolute Gasteiger partial charge is 0.373 e. The zero-order valence-electron chi connectivity index (χ0n) is 11.8. The number of pyridine rings is 1. The first-order chi connectivity index (χ1) is 9.81. The maximum atomic E-state index is 4.69. The zero-order chi connectivity index (χ0) is 13.9. The van der Waals surface area contributed by atoms with E-state index in [4.69, 9.17) is 4.98 Å². The standard InChI is InChI=1S/C16H18N4/c1-3-16-19-13-6-4-5-7-14(13)20(16)11-12-8-9-15(17-2)18-10-12/h4-10H,3,11H2,1-2H3,(H,17,18). The van der Waals surface area contributed by atoms with Crippen LogP contribution in [0.3, 0.4) is 0 Å². The molecule has 0 saturated carbocycles. The Balaban J connectivity index is 2.00. The van der Waals surface area contributed by atoms with E-state index in [0.29, 0.717) is 0 Å². The van der Waals surface area contributed by atoms with E-state index in [-0.39, 0.29) is 0 Å². The van der Waals surface area contributed by atoms with Gasteiger partial charge in [-0.3, -0.25) is 0 Å². The third-order valence-electron chi connectivity index (χ3n) is 3.47. The number of anilines is 1. The Hall–Kier alpha value is -2.36. The molecule has 1 N–H and O–H groups in total. The van der Waals surface area contributed by atoms with Crippen LogP contribution >= 0.6 is 0 Å². The van der Waals surface area contributed by atoms with Gasteiger partial charge in [0, 0.05) is 19.7 Å². The first kappa shape index (κ1) is 12.7. The number of nitrogens with zero attached hydrogens (tertiary/aromatic N) is 3. The predicted octanol–water partition coefficient (Wildman–Crippen LogP) is 3.08. The van der Waals surface area contributed by atoms with Gasteiger partial charge >= 0.3 is 0 Å². The van der Waals surface area contributed by atoms with Crippen molar-refractivity contribution in [1.29, 1.82) is 0 Å². The van der Waals surface area contributed by atoms with Crippen LogP contribution in [-0.4, -0.2) is 21.6 Å². The predicted molar refractivity (Wildman–Crippen MR) is 82.0 cm³/mol. The lowest BCUT2D eigenvalue weighted by molar-refractivity contribution is 0.750. The quantitative estimate of drug-likeness (QED) is 0.789. The maximum absolute atomic E-state index is 4.69. The van der Waals surface area contributed by atoms with E-state index >= 15 is 0 Å². The Morgan fingerprint density at radius 1 is 1.15 bits per heavy atom. The van der Waals surface area contributed by atoms with Gasteiger partial charge in [-0.25, -0.2) is 9.97 Å². The first-order valence-corrected chi connectivity index (χ1v) is 6.88. The van der Waals surface area contributed by atoms with Crippen molar-refractivity contribution in [2.24, 2.45) is 0 Å². The lowest BCUT2D eigenvalue weighted by Crippen LogP contribution is -2.05. The smallest absolute Gasteiger partial charge is 0.125 e. The molecule has 0 radical (unpaired) electrons. The molecule has 3 aromatic rings. The summed E-state index contributed by atoms with van der Waals surface area (Å²) in [5.41, 5.74) is 3.42. The second-order valence-corrected chi connectivity index (χ2v) is 4.76. The molecule has 0 amide bonds. The minimum Gasteiger partial charge on any atom is -0.373 e. The van der Waals surface area contributed by atoms with Crippen molar-refractivity contribution in [3.05, 3.63) is 54.0 Å². The Labute approximate surface area is 118 Å². The van der Waals surface area contributed by atoms with Crippen LogP contribution in [0.5, 0.6) is 0 Å². The second kappa shape index (κ2) is 5.33. The Bertz CT molecular complexity index is 713. The highest BCUT2D eigenvalue weighted by atomic mass is 15.1. The summed E-state index contributed by atoms with van der Waals surface area (Å²) in [7, 11) is 1.88. The number of fused-ring (bicyclic) bond motifs is 1. The summed E-state index contributed by atoms with van der Waals surface area (Å²) < 4.78 is 2.27. The van der Waals surface area contributed by atoms with Crippen molar-refractivity contribution in [3.8, 4) is 0 Å². The molecule has 0 aliphatic heterocycles. The van der Waals surface area contributed by atoms with E-state index in [1.54, 1.807) is 0 Å². The van der Waals surface area contributed by atoms with E-state index in [1.165, 1.54) is 11.1 Å². The lowest BCUT2D eigenvalue weighted by atomic mass is 10.2. The molecular weight excluding hydrogens is 248 g/mol.